The lowest BCUT2D eigenvalue weighted by atomic mass is 10.2. The summed E-state index contributed by atoms with van der Waals surface area (Å²) in [6.45, 7) is 1.25. The molecule has 26 heavy (non-hydrogen) atoms. The fraction of sp³-hybridized carbons (Fsp3) is 0.111. The summed E-state index contributed by atoms with van der Waals surface area (Å²) in [5.41, 5.74) is 1.64. The average Bonchev–Trinajstić information content (AvgIpc) is 3.09. The van der Waals surface area contributed by atoms with E-state index in [0.717, 1.165) is 0 Å². The molecule has 3 aromatic rings. The van der Waals surface area contributed by atoms with Crippen LogP contribution in [0.2, 0.25) is 5.02 Å². The van der Waals surface area contributed by atoms with Crippen molar-refractivity contribution in [2.75, 3.05) is 5.32 Å². The van der Waals surface area contributed by atoms with Gasteiger partial charge in [0.15, 0.2) is 6.61 Å². The molecule has 1 amide bonds. The van der Waals surface area contributed by atoms with Crippen LogP contribution in [0.15, 0.2) is 53.1 Å². The molecule has 1 aromatic heterocycles. The summed E-state index contributed by atoms with van der Waals surface area (Å²) in [6.07, 6.45) is 0. The number of nitrogens with one attached hydrogen (secondary N) is 1. The smallest absolute Gasteiger partial charge is 0.338 e. The fourth-order valence-electron chi connectivity index (χ4n) is 2.16. The minimum absolute atomic E-state index is 0.153. The van der Waals surface area contributed by atoms with E-state index < -0.39 is 5.97 Å². The van der Waals surface area contributed by atoms with E-state index in [-0.39, 0.29) is 18.4 Å². The number of esters is 1. The number of nitrogens with zero attached hydrogens (tertiary/aromatic N) is 2. The second kappa shape index (κ2) is 7.79. The van der Waals surface area contributed by atoms with Crippen molar-refractivity contribution in [1.29, 1.82) is 0 Å². The highest BCUT2D eigenvalue weighted by molar-refractivity contribution is 6.30. The van der Waals surface area contributed by atoms with Crippen molar-refractivity contribution in [2.45, 2.75) is 13.5 Å². The van der Waals surface area contributed by atoms with Gasteiger partial charge in [-0.1, -0.05) is 28.9 Å². The Bertz CT molecular complexity index is 938. The molecule has 0 aliphatic carbocycles. The van der Waals surface area contributed by atoms with E-state index in [0.29, 0.717) is 27.7 Å². The molecular formula is C18H14ClN3O4. The number of carbonyl (C=O) groups is 2. The Labute approximate surface area is 153 Å². The number of halogens is 1. The molecule has 1 heterocycles. The summed E-state index contributed by atoms with van der Waals surface area (Å²) >= 11 is 5.93. The number of benzene rings is 2. The van der Waals surface area contributed by atoms with Gasteiger partial charge in [0.1, 0.15) is 0 Å². The maximum Gasteiger partial charge on any atom is 0.338 e. The molecule has 0 unspecified atom stereocenters. The second-order valence-corrected chi connectivity index (χ2v) is 5.79. The van der Waals surface area contributed by atoms with Crippen LogP contribution >= 0.6 is 11.6 Å². The van der Waals surface area contributed by atoms with E-state index in [1.165, 1.54) is 6.92 Å². The van der Waals surface area contributed by atoms with Crippen LogP contribution in [0.5, 0.6) is 0 Å². The van der Waals surface area contributed by atoms with Gasteiger partial charge in [-0.05, 0) is 36.4 Å². The molecule has 0 saturated carbocycles. The molecule has 0 bridgehead atoms. The van der Waals surface area contributed by atoms with Gasteiger partial charge in [-0.3, -0.25) is 4.79 Å². The van der Waals surface area contributed by atoms with E-state index in [1.54, 1.807) is 48.5 Å². The third-order valence-electron chi connectivity index (χ3n) is 3.32. The monoisotopic (exact) mass is 371 g/mol. The third-order valence-corrected chi connectivity index (χ3v) is 3.55. The molecule has 2 aromatic carbocycles. The molecular weight excluding hydrogens is 358 g/mol. The van der Waals surface area contributed by atoms with E-state index in [1.807, 2.05) is 0 Å². The summed E-state index contributed by atoms with van der Waals surface area (Å²) in [4.78, 5) is 27.2. The van der Waals surface area contributed by atoms with E-state index in [2.05, 4.69) is 15.5 Å². The second-order valence-electron chi connectivity index (χ2n) is 5.36. The number of hydrogen-bond donors (Lipinski definition) is 1. The van der Waals surface area contributed by atoms with Crippen molar-refractivity contribution < 1.29 is 18.8 Å². The van der Waals surface area contributed by atoms with Crippen molar-refractivity contribution in [3.8, 4) is 11.4 Å². The van der Waals surface area contributed by atoms with Gasteiger partial charge in [-0.25, -0.2) is 4.79 Å². The summed E-state index contributed by atoms with van der Waals surface area (Å²) in [5, 5.41) is 7.02. The number of rotatable bonds is 5. The number of amides is 1. The van der Waals surface area contributed by atoms with Crippen molar-refractivity contribution in [1.82, 2.24) is 10.1 Å². The molecule has 8 heteroatoms. The van der Waals surface area contributed by atoms with Gasteiger partial charge >= 0.3 is 5.97 Å². The van der Waals surface area contributed by atoms with E-state index >= 15 is 0 Å². The SMILES string of the molecule is CC(=O)Nc1ccc(C(=O)OCc2nc(-c3cccc(Cl)c3)no2)cc1. The molecule has 0 aliphatic rings. The van der Waals surface area contributed by atoms with Crippen molar-refractivity contribution >= 4 is 29.2 Å². The van der Waals surface area contributed by atoms with Gasteiger partial charge in [0, 0.05) is 23.2 Å². The van der Waals surface area contributed by atoms with Gasteiger partial charge in [0.05, 0.1) is 5.56 Å². The first kappa shape index (κ1) is 17.6. The van der Waals surface area contributed by atoms with Crippen LogP contribution < -0.4 is 5.32 Å². The average molecular weight is 372 g/mol. The summed E-state index contributed by atoms with van der Waals surface area (Å²) in [5.74, 6) is -0.199. The largest absolute Gasteiger partial charge is 0.452 e. The standard InChI is InChI=1S/C18H14ClN3O4/c1-11(23)20-15-7-5-12(6-8-15)18(24)25-10-16-21-17(22-26-16)13-3-2-4-14(19)9-13/h2-9H,10H2,1H3,(H,20,23). The lowest BCUT2D eigenvalue weighted by molar-refractivity contribution is -0.114. The summed E-state index contributed by atoms with van der Waals surface area (Å²) in [7, 11) is 0. The van der Waals surface area contributed by atoms with Crippen LogP contribution in [-0.4, -0.2) is 22.0 Å². The molecule has 0 fully saturated rings. The first-order chi connectivity index (χ1) is 12.5. The van der Waals surface area contributed by atoms with E-state index in [9.17, 15) is 9.59 Å². The van der Waals surface area contributed by atoms with Crippen LogP contribution in [0, 0.1) is 0 Å². The first-order valence-electron chi connectivity index (χ1n) is 7.64. The summed E-state index contributed by atoms with van der Waals surface area (Å²) in [6, 6.07) is 13.4. The highest BCUT2D eigenvalue weighted by Gasteiger charge is 2.13. The van der Waals surface area contributed by atoms with Gasteiger partial charge in [-0.2, -0.15) is 4.98 Å². The van der Waals surface area contributed by atoms with Gasteiger partial charge in [0.25, 0.3) is 5.89 Å². The van der Waals surface area contributed by atoms with Crippen LogP contribution in [0.3, 0.4) is 0 Å². The minimum Gasteiger partial charge on any atom is -0.452 e. The molecule has 3 rings (SSSR count). The Kier molecular flexibility index (Phi) is 5.28. The van der Waals surface area contributed by atoms with Crippen LogP contribution in [0.25, 0.3) is 11.4 Å². The predicted molar refractivity (Wildman–Crippen MR) is 94.6 cm³/mol. The molecule has 132 valence electrons. The lowest BCUT2D eigenvalue weighted by Crippen LogP contribution is -2.08. The Morgan fingerprint density at radius 3 is 2.65 bits per heavy atom. The zero-order valence-corrected chi connectivity index (χ0v) is 14.5. The number of hydrogen-bond acceptors (Lipinski definition) is 6. The van der Waals surface area contributed by atoms with Crippen LogP contribution in [0.1, 0.15) is 23.2 Å². The highest BCUT2D eigenvalue weighted by Crippen LogP contribution is 2.20. The van der Waals surface area contributed by atoms with Crippen molar-refractivity contribution in [3.05, 3.63) is 65.0 Å². The van der Waals surface area contributed by atoms with Gasteiger partial charge < -0.3 is 14.6 Å². The number of ether oxygens (including phenoxy) is 1. The molecule has 0 atom stereocenters. The molecule has 0 radical (unpaired) electrons. The maximum atomic E-state index is 12.1. The molecule has 7 nitrogen and oxygen atoms in total. The Balaban J connectivity index is 1.60. The Morgan fingerprint density at radius 2 is 1.96 bits per heavy atom. The van der Waals surface area contributed by atoms with Crippen LogP contribution in [0.4, 0.5) is 5.69 Å². The number of carbonyl (C=O) groups excluding carboxylic acids is 2. The third kappa shape index (κ3) is 4.46. The van der Waals surface area contributed by atoms with Crippen molar-refractivity contribution in [3.63, 3.8) is 0 Å². The maximum absolute atomic E-state index is 12.1. The Hall–Kier alpha value is -3.19. The lowest BCUT2D eigenvalue weighted by Gasteiger charge is -2.04. The first-order valence-corrected chi connectivity index (χ1v) is 8.02. The molecule has 0 spiro atoms. The van der Waals surface area contributed by atoms with Crippen molar-refractivity contribution in [2.24, 2.45) is 0 Å². The number of anilines is 1. The highest BCUT2D eigenvalue weighted by atomic mass is 35.5. The fourth-order valence-corrected chi connectivity index (χ4v) is 2.35. The molecule has 1 N–H and O–H groups in total. The summed E-state index contributed by atoms with van der Waals surface area (Å²) < 4.78 is 10.2. The quantitative estimate of drug-likeness (QED) is 0.687. The normalized spacial score (nSPS) is 10.4. The minimum atomic E-state index is -0.540. The van der Waals surface area contributed by atoms with Gasteiger partial charge in [0.2, 0.25) is 11.7 Å². The molecule has 0 saturated heterocycles. The van der Waals surface area contributed by atoms with Gasteiger partial charge in [-0.15, -0.1) is 0 Å². The zero-order valence-electron chi connectivity index (χ0n) is 13.7. The zero-order chi connectivity index (χ0) is 18.5. The van der Waals surface area contributed by atoms with Crippen LogP contribution in [-0.2, 0) is 16.1 Å². The van der Waals surface area contributed by atoms with E-state index in [4.69, 9.17) is 20.9 Å². The Morgan fingerprint density at radius 1 is 1.19 bits per heavy atom. The topological polar surface area (TPSA) is 94.3 Å². The number of aromatic nitrogens is 2. The predicted octanol–water partition coefficient (Wildman–Crippen LogP) is 3.71. The molecule has 0 aliphatic heterocycles.